The van der Waals surface area contributed by atoms with Gasteiger partial charge >= 0.3 is 0 Å². The molecule has 0 heterocycles. The second-order valence-electron chi connectivity index (χ2n) is 7.47. The van der Waals surface area contributed by atoms with Crippen molar-refractivity contribution in [1.82, 2.24) is 0 Å². The highest BCUT2D eigenvalue weighted by Crippen LogP contribution is 2.36. The first kappa shape index (κ1) is 15.1. The summed E-state index contributed by atoms with van der Waals surface area (Å²) in [7, 11) is 0. The molecule has 2 fully saturated rings. The number of allylic oxidation sites excluding steroid dienone is 2. The van der Waals surface area contributed by atoms with Gasteiger partial charge in [0.15, 0.2) is 0 Å². The molecule has 0 aromatic heterocycles. The SMILES string of the molecule is CCC(C)C1CCC(C=CC2CCC(C)CC2)CC1. The second-order valence-corrected chi connectivity index (χ2v) is 7.47. The van der Waals surface area contributed by atoms with Crippen LogP contribution < -0.4 is 0 Å². The van der Waals surface area contributed by atoms with E-state index in [4.69, 9.17) is 0 Å². The van der Waals surface area contributed by atoms with Crippen LogP contribution in [0.4, 0.5) is 0 Å². The highest BCUT2D eigenvalue weighted by Gasteiger charge is 2.23. The van der Waals surface area contributed by atoms with Crippen LogP contribution in [0.15, 0.2) is 12.2 Å². The molecule has 0 bridgehead atoms. The molecule has 0 aromatic rings. The van der Waals surface area contributed by atoms with Gasteiger partial charge in [0.25, 0.3) is 0 Å². The minimum atomic E-state index is 0.902. The first-order chi connectivity index (χ1) is 9.19. The van der Waals surface area contributed by atoms with Crippen LogP contribution in [0.3, 0.4) is 0 Å². The largest absolute Gasteiger partial charge is 0.0851 e. The topological polar surface area (TPSA) is 0 Å². The van der Waals surface area contributed by atoms with Gasteiger partial charge in [0.05, 0.1) is 0 Å². The lowest BCUT2D eigenvalue weighted by Crippen LogP contribution is -2.19. The predicted molar refractivity (Wildman–Crippen MR) is 85.2 cm³/mol. The van der Waals surface area contributed by atoms with Gasteiger partial charge in [-0.1, -0.05) is 52.2 Å². The quantitative estimate of drug-likeness (QED) is 0.527. The van der Waals surface area contributed by atoms with Crippen LogP contribution in [0.1, 0.15) is 78.6 Å². The highest BCUT2D eigenvalue weighted by atomic mass is 14.3. The molecule has 2 aliphatic carbocycles. The van der Waals surface area contributed by atoms with E-state index in [-0.39, 0.29) is 0 Å². The zero-order valence-electron chi connectivity index (χ0n) is 13.4. The second kappa shape index (κ2) is 7.50. The average Bonchev–Trinajstić information content (AvgIpc) is 2.46. The first-order valence-corrected chi connectivity index (χ1v) is 8.87. The number of rotatable bonds is 4. The Kier molecular flexibility index (Phi) is 5.98. The summed E-state index contributed by atoms with van der Waals surface area (Å²) in [5, 5.41) is 0. The fraction of sp³-hybridized carbons (Fsp3) is 0.895. The van der Waals surface area contributed by atoms with E-state index in [1.807, 2.05) is 0 Å². The standard InChI is InChI=1S/C19H34/c1-4-16(3)19-13-11-18(12-14-19)10-9-17-7-5-15(2)6-8-17/h9-10,15-19H,4-8,11-14H2,1-3H3. The molecular formula is C19H34. The molecule has 1 unspecified atom stereocenters. The van der Waals surface area contributed by atoms with Gasteiger partial charge in [-0.15, -0.1) is 0 Å². The third kappa shape index (κ3) is 4.65. The monoisotopic (exact) mass is 262 g/mol. The Hall–Kier alpha value is -0.260. The van der Waals surface area contributed by atoms with Crippen LogP contribution in [0.25, 0.3) is 0 Å². The molecule has 0 spiro atoms. The van der Waals surface area contributed by atoms with Gasteiger partial charge in [-0.25, -0.2) is 0 Å². The van der Waals surface area contributed by atoms with Crippen LogP contribution in [0.2, 0.25) is 0 Å². The van der Waals surface area contributed by atoms with Crippen molar-refractivity contribution in [3.63, 3.8) is 0 Å². The summed E-state index contributed by atoms with van der Waals surface area (Å²) in [5.41, 5.74) is 0. The van der Waals surface area contributed by atoms with Crippen LogP contribution in [-0.2, 0) is 0 Å². The molecule has 0 saturated heterocycles. The van der Waals surface area contributed by atoms with Crippen LogP contribution in [0, 0.1) is 29.6 Å². The first-order valence-electron chi connectivity index (χ1n) is 8.87. The normalized spacial score (nSPS) is 38.5. The fourth-order valence-corrected chi connectivity index (χ4v) is 4.03. The fourth-order valence-electron chi connectivity index (χ4n) is 4.03. The molecular weight excluding hydrogens is 228 g/mol. The maximum absolute atomic E-state index is 2.59. The van der Waals surface area contributed by atoms with E-state index < -0.39 is 0 Å². The molecule has 2 saturated carbocycles. The molecule has 2 rings (SSSR count). The third-order valence-corrected chi connectivity index (χ3v) is 5.98. The smallest absolute Gasteiger partial charge is 0.0233 e. The molecule has 0 aliphatic heterocycles. The van der Waals surface area contributed by atoms with E-state index in [9.17, 15) is 0 Å². The van der Waals surface area contributed by atoms with E-state index >= 15 is 0 Å². The summed E-state index contributed by atoms with van der Waals surface area (Å²) < 4.78 is 0. The van der Waals surface area contributed by atoms with Crippen LogP contribution in [-0.4, -0.2) is 0 Å². The van der Waals surface area contributed by atoms with Gasteiger partial charge in [-0.05, 0) is 68.1 Å². The Labute approximate surface area is 121 Å². The summed E-state index contributed by atoms with van der Waals surface area (Å²) >= 11 is 0. The Balaban J connectivity index is 1.70. The van der Waals surface area contributed by atoms with E-state index in [0.29, 0.717) is 0 Å². The summed E-state index contributed by atoms with van der Waals surface area (Å²) in [6.07, 6.45) is 18.2. The highest BCUT2D eigenvalue weighted by molar-refractivity contribution is 4.96. The van der Waals surface area contributed by atoms with Gasteiger partial charge < -0.3 is 0 Å². The maximum Gasteiger partial charge on any atom is -0.0233 e. The molecule has 0 amide bonds. The van der Waals surface area contributed by atoms with Gasteiger partial charge in [0.2, 0.25) is 0 Å². The Bertz CT molecular complexity index is 262. The molecule has 110 valence electrons. The zero-order valence-corrected chi connectivity index (χ0v) is 13.4. The lowest BCUT2D eigenvalue weighted by molar-refractivity contribution is 0.230. The number of hydrogen-bond donors (Lipinski definition) is 0. The van der Waals surface area contributed by atoms with E-state index in [1.165, 1.54) is 57.8 Å². The Morgan fingerprint density at radius 3 is 1.79 bits per heavy atom. The van der Waals surface area contributed by atoms with Crippen molar-refractivity contribution in [3.8, 4) is 0 Å². The van der Waals surface area contributed by atoms with Crippen molar-refractivity contribution in [2.45, 2.75) is 78.6 Å². The van der Waals surface area contributed by atoms with Gasteiger partial charge in [-0.2, -0.15) is 0 Å². The van der Waals surface area contributed by atoms with Gasteiger partial charge in [0.1, 0.15) is 0 Å². The molecule has 19 heavy (non-hydrogen) atoms. The molecule has 0 N–H and O–H groups in total. The lowest BCUT2D eigenvalue weighted by atomic mass is 9.75. The number of hydrogen-bond acceptors (Lipinski definition) is 0. The molecule has 1 atom stereocenters. The van der Waals surface area contributed by atoms with E-state index in [1.54, 1.807) is 0 Å². The Morgan fingerprint density at radius 2 is 1.32 bits per heavy atom. The molecule has 2 aliphatic rings. The maximum atomic E-state index is 2.59. The average molecular weight is 262 g/mol. The molecule has 0 radical (unpaired) electrons. The van der Waals surface area contributed by atoms with Crippen molar-refractivity contribution in [2.75, 3.05) is 0 Å². The molecule has 0 heteroatoms. The summed E-state index contributed by atoms with van der Waals surface area (Å²) in [6.45, 7) is 7.21. The van der Waals surface area contributed by atoms with Crippen molar-refractivity contribution in [3.05, 3.63) is 12.2 Å². The minimum absolute atomic E-state index is 0.902. The van der Waals surface area contributed by atoms with Crippen molar-refractivity contribution in [2.24, 2.45) is 29.6 Å². The zero-order chi connectivity index (χ0) is 13.7. The lowest BCUT2D eigenvalue weighted by Gasteiger charge is -2.31. The summed E-state index contributed by atoms with van der Waals surface area (Å²) in [6, 6.07) is 0. The Morgan fingerprint density at radius 1 is 0.842 bits per heavy atom. The molecule has 0 nitrogen and oxygen atoms in total. The third-order valence-electron chi connectivity index (χ3n) is 5.98. The molecule has 0 aromatic carbocycles. The van der Waals surface area contributed by atoms with Crippen molar-refractivity contribution < 1.29 is 0 Å². The minimum Gasteiger partial charge on any atom is -0.0851 e. The summed E-state index contributed by atoms with van der Waals surface area (Å²) in [4.78, 5) is 0. The van der Waals surface area contributed by atoms with Gasteiger partial charge in [0, 0.05) is 0 Å². The van der Waals surface area contributed by atoms with Crippen molar-refractivity contribution in [1.29, 1.82) is 0 Å². The predicted octanol–water partition coefficient (Wildman–Crippen LogP) is 6.22. The van der Waals surface area contributed by atoms with E-state index in [2.05, 4.69) is 32.9 Å². The van der Waals surface area contributed by atoms with Crippen molar-refractivity contribution >= 4 is 0 Å². The van der Waals surface area contributed by atoms with Gasteiger partial charge in [-0.3, -0.25) is 0 Å². The summed E-state index contributed by atoms with van der Waals surface area (Å²) in [5.74, 6) is 4.76. The van der Waals surface area contributed by atoms with Crippen LogP contribution >= 0.6 is 0 Å². The van der Waals surface area contributed by atoms with Crippen LogP contribution in [0.5, 0.6) is 0 Å². The van der Waals surface area contributed by atoms with E-state index in [0.717, 1.165) is 29.6 Å².